The Bertz CT molecular complexity index is 299. The van der Waals surface area contributed by atoms with Crippen LogP contribution in [0.5, 0.6) is 5.88 Å². The normalized spacial score (nSPS) is 14.7. The van der Waals surface area contributed by atoms with Crippen molar-refractivity contribution in [2.75, 3.05) is 0 Å². The van der Waals surface area contributed by atoms with Gasteiger partial charge in [-0.2, -0.15) is 0 Å². The first-order valence-corrected chi connectivity index (χ1v) is 5.52. The molecular weight excluding hydrogens is 188 g/mol. The van der Waals surface area contributed by atoms with Crippen LogP contribution in [0.4, 0.5) is 0 Å². The average Bonchev–Trinajstić information content (AvgIpc) is 2.18. The maximum atomic E-state index is 5.84. The third kappa shape index (κ3) is 3.51. The molecule has 0 radical (unpaired) electrons. The molecule has 15 heavy (non-hydrogen) atoms. The Labute approximate surface area is 91.7 Å². The van der Waals surface area contributed by atoms with Gasteiger partial charge in [-0.05, 0) is 26.3 Å². The Kier molecular flexibility index (Phi) is 4.56. The van der Waals surface area contributed by atoms with E-state index in [-0.39, 0.29) is 12.1 Å². The van der Waals surface area contributed by atoms with Crippen molar-refractivity contribution < 1.29 is 4.74 Å². The zero-order valence-corrected chi connectivity index (χ0v) is 9.73. The van der Waals surface area contributed by atoms with E-state index in [1.165, 1.54) is 0 Å². The van der Waals surface area contributed by atoms with Crippen LogP contribution in [0.2, 0.25) is 0 Å². The van der Waals surface area contributed by atoms with Crippen LogP contribution < -0.4 is 10.5 Å². The maximum absolute atomic E-state index is 5.84. The van der Waals surface area contributed by atoms with Crippen LogP contribution in [0.3, 0.4) is 0 Å². The van der Waals surface area contributed by atoms with Gasteiger partial charge in [-0.25, -0.2) is 4.98 Å². The van der Waals surface area contributed by atoms with Crippen molar-refractivity contribution in [3.63, 3.8) is 0 Å². The van der Waals surface area contributed by atoms with Crippen molar-refractivity contribution in [2.24, 2.45) is 5.73 Å². The summed E-state index contributed by atoms with van der Waals surface area (Å²) in [6.45, 7) is 6.14. The van der Waals surface area contributed by atoms with E-state index in [4.69, 9.17) is 10.5 Å². The Morgan fingerprint density at radius 1 is 1.47 bits per heavy atom. The largest absolute Gasteiger partial charge is 0.474 e. The molecule has 0 aromatic carbocycles. The predicted molar refractivity (Wildman–Crippen MR) is 61.8 cm³/mol. The predicted octanol–water partition coefficient (Wildman–Crippen LogP) is 2.67. The summed E-state index contributed by atoms with van der Waals surface area (Å²) in [4.78, 5) is 4.22. The summed E-state index contributed by atoms with van der Waals surface area (Å²) in [5, 5.41) is 0. The second-order valence-electron chi connectivity index (χ2n) is 3.90. The Morgan fingerprint density at radius 3 is 2.80 bits per heavy atom. The molecular formula is C12H20N2O. The van der Waals surface area contributed by atoms with Crippen molar-refractivity contribution >= 4 is 0 Å². The minimum Gasteiger partial charge on any atom is -0.474 e. The zero-order valence-electron chi connectivity index (χ0n) is 9.73. The molecule has 0 fully saturated rings. The Morgan fingerprint density at radius 2 is 2.20 bits per heavy atom. The van der Waals surface area contributed by atoms with E-state index in [0.717, 1.165) is 18.4 Å². The van der Waals surface area contributed by atoms with E-state index in [9.17, 15) is 0 Å². The summed E-state index contributed by atoms with van der Waals surface area (Å²) < 4.78 is 5.76. The molecule has 0 aliphatic heterocycles. The van der Waals surface area contributed by atoms with Gasteiger partial charge in [0.2, 0.25) is 5.88 Å². The van der Waals surface area contributed by atoms with Crippen molar-refractivity contribution in [1.82, 2.24) is 4.98 Å². The molecule has 0 saturated heterocycles. The highest BCUT2D eigenvalue weighted by Gasteiger charge is 2.11. The fraction of sp³-hybridized carbons (Fsp3) is 0.583. The molecule has 1 rings (SSSR count). The molecule has 84 valence electrons. The number of nitrogens with zero attached hydrogens (tertiary/aromatic N) is 1. The monoisotopic (exact) mass is 208 g/mol. The van der Waals surface area contributed by atoms with E-state index in [1.807, 2.05) is 19.1 Å². The van der Waals surface area contributed by atoms with Crippen LogP contribution in [0.25, 0.3) is 0 Å². The van der Waals surface area contributed by atoms with Gasteiger partial charge in [0.05, 0.1) is 6.10 Å². The smallest absolute Gasteiger partial charge is 0.218 e. The van der Waals surface area contributed by atoms with Gasteiger partial charge in [-0.3, -0.25) is 0 Å². The molecule has 0 spiro atoms. The minimum absolute atomic E-state index is 0.0393. The SMILES string of the molecule is CCCC(C)Oc1ncccc1C(C)N. The number of ether oxygens (including phenoxy) is 1. The van der Waals surface area contributed by atoms with Gasteiger partial charge in [-0.15, -0.1) is 0 Å². The highest BCUT2D eigenvalue weighted by atomic mass is 16.5. The second kappa shape index (κ2) is 5.71. The quantitative estimate of drug-likeness (QED) is 0.809. The third-order valence-electron chi connectivity index (χ3n) is 2.30. The molecule has 1 aromatic rings. The molecule has 3 heteroatoms. The van der Waals surface area contributed by atoms with Crippen molar-refractivity contribution in [2.45, 2.75) is 45.8 Å². The number of hydrogen-bond acceptors (Lipinski definition) is 3. The summed E-state index contributed by atoms with van der Waals surface area (Å²) >= 11 is 0. The highest BCUT2D eigenvalue weighted by molar-refractivity contribution is 5.28. The van der Waals surface area contributed by atoms with E-state index in [0.29, 0.717) is 5.88 Å². The first kappa shape index (κ1) is 12.0. The van der Waals surface area contributed by atoms with Gasteiger partial charge in [0.15, 0.2) is 0 Å². The van der Waals surface area contributed by atoms with E-state index in [1.54, 1.807) is 6.20 Å². The fourth-order valence-electron chi connectivity index (χ4n) is 1.50. The van der Waals surface area contributed by atoms with Gasteiger partial charge >= 0.3 is 0 Å². The summed E-state index contributed by atoms with van der Waals surface area (Å²) in [5.74, 6) is 0.674. The van der Waals surface area contributed by atoms with Crippen molar-refractivity contribution in [1.29, 1.82) is 0 Å². The lowest BCUT2D eigenvalue weighted by atomic mass is 10.1. The summed E-state index contributed by atoms with van der Waals surface area (Å²) in [5.41, 5.74) is 6.82. The molecule has 1 heterocycles. The average molecular weight is 208 g/mol. The van der Waals surface area contributed by atoms with E-state index >= 15 is 0 Å². The summed E-state index contributed by atoms with van der Waals surface area (Å²) in [6, 6.07) is 3.81. The van der Waals surface area contributed by atoms with Gasteiger partial charge in [-0.1, -0.05) is 19.4 Å². The number of aromatic nitrogens is 1. The topological polar surface area (TPSA) is 48.1 Å². The van der Waals surface area contributed by atoms with E-state index < -0.39 is 0 Å². The van der Waals surface area contributed by atoms with Crippen molar-refractivity contribution in [3.8, 4) is 5.88 Å². The maximum Gasteiger partial charge on any atom is 0.218 e. The molecule has 0 saturated carbocycles. The summed E-state index contributed by atoms with van der Waals surface area (Å²) in [7, 11) is 0. The molecule has 2 atom stereocenters. The number of rotatable bonds is 5. The van der Waals surface area contributed by atoms with Gasteiger partial charge < -0.3 is 10.5 Å². The molecule has 0 bridgehead atoms. The third-order valence-corrected chi connectivity index (χ3v) is 2.30. The first-order valence-electron chi connectivity index (χ1n) is 5.52. The van der Waals surface area contributed by atoms with Crippen LogP contribution in [0.15, 0.2) is 18.3 Å². The minimum atomic E-state index is -0.0393. The second-order valence-corrected chi connectivity index (χ2v) is 3.90. The zero-order chi connectivity index (χ0) is 11.3. The van der Waals surface area contributed by atoms with Crippen LogP contribution in [-0.2, 0) is 0 Å². The van der Waals surface area contributed by atoms with Crippen molar-refractivity contribution in [3.05, 3.63) is 23.9 Å². The number of nitrogens with two attached hydrogens (primary N) is 1. The lowest BCUT2D eigenvalue weighted by Gasteiger charge is -2.17. The lowest BCUT2D eigenvalue weighted by molar-refractivity contribution is 0.198. The molecule has 2 unspecified atom stereocenters. The Hall–Kier alpha value is -1.09. The van der Waals surface area contributed by atoms with Gasteiger partial charge in [0, 0.05) is 17.8 Å². The summed E-state index contributed by atoms with van der Waals surface area (Å²) in [6.07, 6.45) is 4.08. The molecule has 0 aliphatic rings. The molecule has 0 aliphatic carbocycles. The Balaban J connectivity index is 2.75. The molecule has 2 N–H and O–H groups in total. The highest BCUT2D eigenvalue weighted by Crippen LogP contribution is 2.22. The lowest BCUT2D eigenvalue weighted by Crippen LogP contribution is -2.15. The van der Waals surface area contributed by atoms with E-state index in [2.05, 4.69) is 18.8 Å². The molecule has 1 aromatic heterocycles. The van der Waals surface area contributed by atoms with Crippen LogP contribution in [0, 0.1) is 0 Å². The van der Waals surface area contributed by atoms with Crippen LogP contribution in [0.1, 0.15) is 45.2 Å². The molecule has 0 amide bonds. The fourth-order valence-corrected chi connectivity index (χ4v) is 1.50. The first-order chi connectivity index (χ1) is 7.15. The number of pyridine rings is 1. The number of hydrogen-bond donors (Lipinski definition) is 1. The van der Waals surface area contributed by atoms with Crippen LogP contribution in [-0.4, -0.2) is 11.1 Å². The standard InChI is InChI=1S/C12H20N2O/c1-4-6-9(2)15-12-11(10(3)13)7-5-8-14-12/h5,7-10H,4,6,13H2,1-3H3. The van der Waals surface area contributed by atoms with Gasteiger partial charge in [0.25, 0.3) is 0 Å². The molecule has 3 nitrogen and oxygen atoms in total. The van der Waals surface area contributed by atoms with Crippen LogP contribution >= 0.6 is 0 Å². The van der Waals surface area contributed by atoms with Gasteiger partial charge in [0.1, 0.15) is 0 Å².